The number of aromatic nitrogens is 4. The molecule has 1 N–H and O–H groups in total. The number of hydrogen-bond acceptors (Lipinski definition) is 5. The van der Waals surface area contributed by atoms with Crippen molar-refractivity contribution in [3.63, 3.8) is 0 Å². The van der Waals surface area contributed by atoms with E-state index in [1.807, 2.05) is 19.1 Å². The molecule has 0 atom stereocenters. The molecule has 34 heavy (non-hydrogen) atoms. The molecule has 1 amide bonds. The first kappa shape index (κ1) is 21.7. The maximum Gasteiger partial charge on any atom is 0.262 e. The Balaban J connectivity index is 1.55. The van der Waals surface area contributed by atoms with Crippen LogP contribution in [0.5, 0.6) is 5.75 Å². The summed E-state index contributed by atoms with van der Waals surface area (Å²) < 4.78 is 8.58. The fourth-order valence-electron chi connectivity index (χ4n) is 4.07. The second kappa shape index (κ2) is 8.64. The van der Waals surface area contributed by atoms with E-state index >= 15 is 0 Å². The number of nitrogens with zero attached hydrogens (tertiary/aromatic N) is 4. The number of hydrogen-bond donors (Lipinski definition) is 1. The van der Waals surface area contributed by atoms with Crippen molar-refractivity contribution in [3.8, 4) is 5.75 Å². The van der Waals surface area contributed by atoms with Crippen LogP contribution in [0, 0.1) is 6.92 Å². The number of ether oxygens (including phenoxy) is 1. The number of rotatable bonds is 5. The molecule has 0 spiro atoms. The summed E-state index contributed by atoms with van der Waals surface area (Å²) in [6, 6.07) is 15.6. The molecule has 9 heteroatoms. The second-order valence-electron chi connectivity index (χ2n) is 7.75. The molecule has 0 unspecified atom stereocenters. The number of benzene rings is 2. The topological polar surface area (TPSA) is 90.5 Å². The predicted octanol–water partition coefficient (Wildman–Crippen LogP) is 4.52. The number of nitrogens with one attached hydrogen (secondary N) is 1. The van der Waals surface area contributed by atoms with E-state index < -0.39 is 0 Å². The Hall–Kier alpha value is -4.17. The summed E-state index contributed by atoms with van der Waals surface area (Å²) in [6.07, 6.45) is 3.28. The van der Waals surface area contributed by atoms with Gasteiger partial charge in [0.15, 0.2) is 5.65 Å². The van der Waals surface area contributed by atoms with Gasteiger partial charge in [-0.15, -0.1) is 0 Å². The van der Waals surface area contributed by atoms with Crippen molar-refractivity contribution in [2.24, 2.45) is 0 Å². The first-order valence-corrected chi connectivity index (χ1v) is 10.9. The van der Waals surface area contributed by atoms with Crippen LogP contribution in [-0.2, 0) is 11.2 Å². The molecule has 0 aliphatic rings. The molecule has 0 bridgehead atoms. The van der Waals surface area contributed by atoms with E-state index in [9.17, 15) is 9.59 Å². The molecule has 170 valence electrons. The van der Waals surface area contributed by atoms with Gasteiger partial charge < -0.3 is 10.1 Å². The van der Waals surface area contributed by atoms with Crippen molar-refractivity contribution in [2.45, 2.75) is 13.3 Å². The van der Waals surface area contributed by atoms with Gasteiger partial charge in [-0.25, -0.2) is 4.98 Å². The van der Waals surface area contributed by atoms with Crippen LogP contribution >= 0.6 is 11.6 Å². The van der Waals surface area contributed by atoms with Gasteiger partial charge in [-0.3, -0.25) is 14.2 Å². The number of methoxy groups -OCH3 is 1. The van der Waals surface area contributed by atoms with E-state index in [0.29, 0.717) is 39.0 Å². The SMILES string of the molecule is COc1ccc2c(c1)c(CC(=O)Nc1ccnc3ccnn13)c(C)n2C(=O)c1ccc(Cl)cc1. The van der Waals surface area contributed by atoms with Crippen molar-refractivity contribution in [3.05, 3.63) is 88.8 Å². The van der Waals surface area contributed by atoms with Gasteiger partial charge in [-0.05, 0) is 61.0 Å². The molecule has 0 saturated carbocycles. The van der Waals surface area contributed by atoms with Gasteiger partial charge in [-0.1, -0.05) is 11.6 Å². The molecule has 2 aromatic carbocycles. The molecule has 5 rings (SSSR count). The Morgan fingerprint density at radius 3 is 2.62 bits per heavy atom. The zero-order chi connectivity index (χ0) is 23.8. The van der Waals surface area contributed by atoms with Gasteiger partial charge >= 0.3 is 0 Å². The number of amides is 1. The molecule has 0 aliphatic heterocycles. The molecule has 3 heterocycles. The molecule has 0 fully saturated rings. The van der Waals surface area contributed by atoms with E-state index in [4.69, 9.17) is 16.3 Å². The fourth-order valence-corrected chi connectivity index (χ4v) is 4.20. The van der Waals surface area contributed by atoms with Gasteiger partial charge in [0.25, 0.3) is 5.91 Å². The number of fused-ring (bicyclic) bond motifs is 2. The maximum atomic E-state index is 13.4. The lowest BCUT2D eigenvalue weighted by Crippen LogP contribution is -2.18. The summed E-state index contributed by atoms with van der Waals surface area (Å²) in [4.78, 5) is 30.7. The van der Waals surface area contributed by atoms with Crippen LogP contribution in [0.2, 0.25) is 5.02 Å². The van der Waals surface area contributed by atoms with Crippen molar-refractivity contribution in [1.29, 1.82) is 0 Å². The van der Waals surface area contributed by atoms with Gasteiger partial charge in [0, 0.05) is 33.9 Å². The Kier molecular flexibility index (Phi) is 5.51. The summed E-state index contributed by atoms with van der Waals surface area (Å²) >= 11 is 5.99. The highest BCUT2D eigenvalue weighted by Crippen LogP contribution is 2.31. The normalized spacial score (nSPS) is 11.1. The number of anilines is 1. The van der Waals surface area contributed by atoms with Crippen LogP contribution in [0.1, 0.15) is 21.6 Å². The third-order valence-corrected chi connectivity index (χ3v) is 5.98. The van der Waals surface area contributed by atoms with Gasteiger partial charge in [-0.2, -0.15) is 9.61 Å². The van der Waals surface area contributed by atoms with Crippen LogP contribution < -0.4 is 10.1 Å². The minimum Gasteiger partial charge on any atom is -0.497 e. The van der Waals surface area contributed by atoms with Gasteiger partial charge in [0.1, 0.15) is 11.6 Å². The lowest BCUT2D eigenvalue weighted by Gasteiger charge is -2.09. The number of carbonyl (C=O) groups excluding carboxylic acids is 2. The third-order valence-electron chi connectivity index (χ3n) is 5.73. The third kappa shape index (κ3) is 3.78. The molecular formula is C25H20ClN5O3. The van der Waals surface area contributed by atoms with Crippen LogP contribution in [0.25, 0.3) is 16.6 Å². The Bertz CT molecular complexity index is 1550. The molecule has 0 aliphatic carbocycles. The highest BCUT2D eigenvalue weighted by Gasteiger charge is 2.22. The number of carbonyl (C=O) groups is 2. The zero-order valence-corrected chi connectivity index (χ0v) is 19.2. The van der Waals surface area contributed by atoms with Crippen molar-refractivity contribution in [1.82, 2.24) is 19.2 Å². The minimum atomic E-state index is -0.244. The first-order chi connectivity index (χ1) is 16.5. The van der Waals surface area contributed by atoms with Crippen LogP contribution in [0.4, 0.5) is 5.82 Å². The van der Waals surface area contributed by atoms with Crippen LogP contribution in [0.3, 0.4) is 0 Å². The van der Waals surface area contributed by atoms with E-state index in [2.05, 4.69) is 15.4 Å². The zero-order valence-electron chi connectivity index (χ0n) is 18.4. The van der Waals surface area contributed by atoms with E-state index in [0.717, 1.165) is 10.9 Å². The summed E-state index contributed by atoms with van der Waals surface area (Å²) in [5.74, 6) is 0.698. The predicted molar refractivity (Wildman–Crippen MR) is 130 cm³/mol. The molecule has 5 aromatic rings. The first-order valence-electron chi connectivity index (χ1n) is 10.5. The average molecular weight is 474 g/mol. The summed E-state index contributed by atoms with van der Waals surface area (Å²) in [7, 11) is 1.58. The average Bonchev–Trinajstić information content (AvgIpc) is 3.42. The monoisotopic (exact) mass is 473 g/mol. The molecule has 0 radical (unpaired) electrons. The summed E-state index contributed by atoms with van der Waals surface area (Å²) in [6.45, 7) is 1.83. The Labute approximate surface area is 199 Å². The quantitative estimate of drug-likeness (QED) is 0.405. The number of halogens is 1. The fraction of sp³-hybridized carbons (Fsp3) is 0.120. The second-order valence-corrected chi connectivity index (χ2v) is 8.19. The van der Waals surface area contributed by atoms with Crippen molar-refractivity contribution < 1.29 is 14.3 Å². The van der Waals surface area contributed by atoms with Crippen molar-refractivity contribution in [2.75, 3.05) is 12.4 Å². The highest BCUT2D eigenvalue weighted by atomic mass is 35.5. The lowest BCUT2D eigenvalue weighted by molar-refractivity contribution is -0.115. The highest BCUT2D eigenvalue weighted by molar-refractivity contribution is 6.30. The summed E-state index contributed by atoms with van der Waals surface area (Å²) in [5, 5.41) is 8.42. The Morgan fingerprint density at radius 2 is 1.85 bits per heavy atom. The van der Waals surface area contributed by atoms with E-state index in [1.165, 1.54) is 0 Å². The minimum absolute atomic E-state index is 0.0570. The molecule has 0 saturated heterocycles. The summed E-state index contributed by atoms with van der Waals surface area (Å²) in [5.41, 5.74) is 3.23. The van der Waals surface area contributed by atoms with E-state index in [1.54, 1.807) is 71.1 Å². The lowest BCUT2D eigenvalue weighted by atomic mass is 10.1. The Morgan fingerprint density at radius 1 is 1.06 bits per heavy atom. The van der Waals surface area contributed by atoms with Gasteiger partial charge in [0.05, 0.1) is 25.2 Å². The maximum absolute atomic E-state index is 13.4. The smallest absolute Gasteiger partial charge is 0.262 e. The molecular weight excluding hydrogens is 454 g/mol. The molecule has 3 aromatic heterocycles. The largest absolute Gasteiger partial charge is 0.497 e. The van der Waals surface area contributed by atoms with Crippen LogP contribution in [0.15, 0.2) is 67.0 Å². The molecule has 8 nitrogen and oxygen atoms in total. The standard InChI is InChI=1S/C25H20ClN5O3/c1-15-19(14-24(32)29-23-9-11-27-22-10-12-28-31(22)23)20-13-18(34-2)7-8-21(20)30(15)25(33)16-3-5-17(26)6-4-16/h3-13H,14H2,1-2H3,(H,29,32). The van der Waals surface area contributed by atoms with E-state index in [-0.39, 0.29) is 18.2 Å². The van der Waals surface area contributed by atoms with Crippen LogP contribution in [-0.4, -0.2) is 38.1 Å². The van der Waals surface area contributed by atoms with Crippen molar-refractivity contribution >= 4 is 45.8 Å². The van der Waals surface area contributed by atoms with Gasteiger partial charge in [0.2, 0.25) is 5.91 Å².